The van der Waals surface area contributed by atoms with E-state index in [1.165, 1.54) is 18.3 Å². The summed E-state index contributed by atoms with van der Waals surface area (Å²) < 4.78 is 38.0. The van der Waals surface area contributed by atoms with E-state index >= 15 is 0 Å². The molecular formula is C17H14F3NO. The predicted octanol–water partition coefficient (Wildman–Crippen LogP) is 4.35. The van der Waals surface area contributed by atoms with Gasteiger partial charge in [0.1, 0.15) is 0 Å². The minimum atomic E-state index is -4.33. The first-order valence-electron chi connectivity index (χ1n) is 6.62. The van der Waals surface area contributed by atoms with Gasteiger partial charge in [-0.3, -0.25) is 0 Å². The highest BCUT2D eigenvalue weighted by Crippen LogP contribution is 2.29. The predicted molar refractivity (Wildman–Crippen MR) is 80.6 cm³/mol. The van der Waals surface area contributed by atoms with Crippen molar-refractivity contribution in [3.05, 3.63) is 82.6 Å². The molecule has 0 atom stereocenters. The fraction of sp³-hybridized carbons (Fsp3) is 0.118. The minimum absolute atomic E-state index is 0.121. The Morgan fingerprint density at radius 1 is 0.909 bits per heavy atom. The van der Waals surface area contributed by atoms with Gasteiger partial charge in [-0.15, -0.1) is 0 Å². The topological polar surface area (TPSA) is 26.1 Å². The number of hydrogen-bond donors (Lipinski definition) is 0. The molecule has 2 aromatic rings. The maximum atomic E-state index is 12.4. The SMILES string of the molecule is [O-]/[N+](=C\c1ccccc1)C/C=C/c1ccc(C(F)(F)F)cc1. The fourth-order valence-electron chi connectivity index (χ4n) is 1.83. The summed E-state index contributed by atoms with van der Waals surface area (Å²) in [6.07, 6.45) is 0.342. The molecule has 0 aliphatic rings. The molecular weight excluding hydrogens is 291 g/mol. The summed E-state index contributed by atoms with van der Waals surface area (Å²) in [6, 6.07) is 13.9. The number of halogens is 3. The van der Waals surface area contributed by atoms with Gasteiger partial charge in [0.2, 0.25) is 0 Å². The zero-order chi connectivity index (χ0) is 16.0. The van der Waals surface area contributed by atoms with Crippen LogP contribution >= 0.6 is 0 Å². The summed E-state index contributed by atoms with van der Waals surface area (Å²) in [6.45, 7) is 0.121. The van der Waals surface area contributed by atoms with Crippen LogP contribution in [0.25, 0.3) is 6.08 Å². The van der Waals surface area contributed by atoms with Gasteiger partial charge >= 0.3 is 6.18 Å². The van der Waals surface area contributed by atoms with Crippen LogP contribution in [0.2, 0.25) is 0 Å². The second-order valence-corrected chi connectivity index (χ2v) is 4.66. The summed E-state index contributed by atoms with van der Waals surface area (Å²) in [5.74, 6) is 0. The van der Waals surface area contributed by atoms with Crippen LogP contribution in [-0.4, -0.2) is 17.5 Å². The number of benzene rings is 2. The third kappa shape index (κ3) is 4.77. The van der Waals surface area contributed by atoms with E-state index in [2.05, 4.69) is 0 Å². The van der Waals surface area contributed by atoms with Gasteiger partial charge in [-0.05, 0) is 35.9 Å². The van der Waals surface area contributed by atoms with E-state index in [-0.39, 0.29) is 6.54 Å². The maximum Gasteiger partial charge on any atom is 0.416 e. The number of nitrogens with zero attached hydrogens (tertiary/aromatic N) is 1. The van der Waals surface area contributed by atoms with Gasteiger partial charge < -0.3 is 5.21 Å². The fourth-order valence-corrected chi connectivity index (χ4v) is 1.83. The average Bonchev–Trinajstić information content (AvgIpc) is 2.48. The summed E-state index contributed by atoms with van der Waals surface area (Å²) >= 11 is 0. The van der Waals surface area contributed by atoms with Crippen molar-refractivity contribution < 1.29 is 17.9 Å². The molecule has 2 nitrogen and oxygen atoms in total. The maximum absolute atomic E-state index is 12.4. The lowest BCUT2D eigenvalue weighted by Gasteiger charge is -2.05. The van der Waals surface area contributed by atoms with E-state index in [4.69, 9.17) is 0 Å². The molecule has 114 valence electrons. The Morgan fingerprint density at radius 3 is 2.14 bits per heavy atom. The van der Waals surface area contributed by atoms with E-state index in [1.54, 1.807) is 12.2 Å². The van der Waals surface area contributed by atoms with Gasteiger partial charge in [-0.25, -0.2) is 4.74 Å². The van der Waals surface area contributed by atoms with Crippen LogP contribution in [-0.2, 0) is 6.18 Å². The molecule has 22 heavy (non-hydrogen) atoms. The normalized spacial score (nSPS) is 12.8. The van der Waals surface area contributed by atoms with Crippen LogP contribution in [0.1, 0.15) is 16.7 Å². The zero-order valence-electron chi connectivity index (χ0n) is 11.6. The molecule has 0 fully saturated rings. The van der Waals surface area contributed by atoms with Gasteiger partial charge in [0.15, 0.2) is 12.8 Å². The first-order chi connectivity index (χ1) is 10.4. The molecule has 0 radical (unpaired) electrons. The summed E-state index contributed by atoms with van der Waals surface area (Å²) in [4.78, 5) is 0. The van der Waals surface area contributed by atoms with Crippen molar-refractivity contribution in [2.24, 2.45) is 0 Å². The first-order valence-corrected chi connectivity index (χ1v) is 6.62. The Labute approximate surface area is 126 Å². The van der Waals surface area contributed by atoms with Crippen LogP contribution in [0.3, 0.4) is 0 Å². The second-order valence-electron chi connectivity index (χ2n) is 4.66. The number of alkyl halides is 3. The van der Waals surface area contributed by atoms with Gasteiger partial charge in [-0.2, -0.15) is 13.2 Å². The van der Waals surface area contributed by atoms with E-state index in [0.29, 0.717) is 5.56 Å². The zero-order valence-corrected chi connectivity index (χ0v) is 11.6. The van der Waals surface area contributed by atoms with Crippen LogP contribution in [0.4, 0.5) is 13.2 Å². The van der Waals surface area contributed by atoms with E-state index < -0.39 is 11.7 Å². The quantitative estimate of drug-likeness (QED) is 0.357. The van der Waals surface area contributed by atoms with Gasteiger partial charge in [0.05, 0.1) is 5.56 Å². The Morgan fingerprint density at radius 2 is 1.55 bits per heavy atom. The number of hydrogen-bond acceptors (Lipinski definition) is 1. The molecule has 0 N–H and O–H groups in total. The second kappa shape index (κ2) is 6.93. The highest BCUT2D eigenvalue weighted by atomic mass is 19.4. The monoisotopic (exact) mass is 305 g/mol. The van der Waals surface area contributed by atoms with Gasteiger partial charge in [0.25, 0.3) is 0 Å². The molecule has 0 spiro atoms. The third-order valence-corrected chi connectivity index (χ3v) is 2.93. The first kappa shape index (κ1) is 15.8. The third-order valence-electron chi connectivity index (χ3n) is 2.93. The van der Waals surface area contributed by atoms with Crippen molar-refractivity contribution in [2.75, 3.05) is 6.54 Å². The van der Waals surface area contributed by atoms with Crippen molar-refractivity contribution in [2.45, 2.75) is 6.18 Å². The largest absolute Gasteiger partial charge is 0.624 e. The molecule has 0 bridgehead atoms. The summed E-state index contributed by atoms with van der Waals surface area (Å²) in [5, 5.41) is 11.6. The lowest BCUT2D eigenvalue weighted by atomic mass is 10.1. The molecule has 0 saturated carbocycles. The molecule has 5 heteroatoms. The lowest BCUT2D eigenvalue weighted by Crippen LogP contribution is -2.05. The molecule has 2 rings (SSSR count). The van der Waals surface area contributed by atoms with Crippen LogP contribution in [0, 0.1) is 5.21 Å². The Bertz CT molecular complexity index is 659. The van der Waals surface area contributed by atoms with Crippen molar-refractivity contribution >= 4 is 12.3 Å². The average molecular weight is 305 g/mol. The van der Waals surface area contributed by atoms with Crippen molar-refractivity contribution in [3.63, 3.8) is 0 Å². The standard InChI is InChI=1S/C17H14F3NO/c18-17(19,20)16-10-8-14(9-11-16)7-4-12-21(22)13-15-5-2-1-3-6-15/h1-11,13H,12H2/b7-4+,21-13-. The molecule has 0 amide bonds. The van der Waals surface area contributed by atoms with Gasteiger partial charge in [0, 0.05) is 5.56 Å². The molecule has 0 aromatic heterocycles. The summed E-state index contributed by atoms with van der Waals surface area (Å²) in [7, 11) is 0. The minimum Gasteiger partial charge on any atom is -0.624 e. The Hall–Kier alpha value is -2.56. The van der Waals surface area contributed by atoms with Crippen molar-refractivity contribution in [1.29, 1.82) is 0 Å². The van der Waals surface area contributed by atoms with Gasteiger partial charge in [-0.1, -0.05) is 36.4 Å². The molecule has 0 aliphatic heterocycles. The van der Waals surface area contributed by atoms with E-state index in [0.717, 1.165) is 22.4 Å². The van der Waals surface area contributed by atoms with Crippen LogP contribution in [0.15, 0.2) is 60.7 Å². The Kier molecular flexibility index (Phi) is 4.99. The van der Waals surface area contributed by atoms with Crippen LogP contribution < -0.4 is 0 Å². The Balaban J connectivity index is 1.96. The lowest BCUT2D eigenvalue weighted by molar-refractivity contribution is -0.440. The highest BCUT2D eigenvalue weighted by Gasteiger charge is 2.29. The molecule has 0 aliphatic carbocycles. The van der Waals surface area contributed by atoms with Crippen molar-refractivity contribution in [1.82, 2.24) is 0 Å². The molecule has 0 saturated heterocycles. The molecule has 2 aromatic carbocycles. The highest BCUT2D eigenvalue weighted by molar-refractivity contribution is 5.75. The molecule has 0 unspecified atom stereocenters. The number of rotatable bonds is 4. The van der Waals surface area contributed by atoms with Crippen molar-refractivity contribution in [3.8, 4) is 0 Å². The van der Waals surface area contributed by atoms with E-state index in [9.17, 15) is 18.4 Å². The smallest absolute Gasteiger partial charge is 0.416 e. The molecule has 0 heterocycles. The number of hydroxylamine groups is 1. The van der Waals surface area contributed by atoms with Crippen LogP contribution in [0.5, 0.6) is 0 Å². The van der Waals surface area contributed by atoms with E-state index in [1.807, 2.05) is 30.3 Å². The summed E-state index contributed by atoms with van der Waals surface area (Å²) in [5.41, 5.74) is 0.717.